The summed E-state index contributed by atoms with van der Waals surface area (Å²) in [5.41, 5.74) is 2.62. The number of rotatable bonds is 8. The normalized spacial score (nSPS) is 11.6. The predicted molar refractivity (Wildman–Crippen MR) is 111 cm³/mol. The Labute approximate surface area is 167 Å². The van der Waals surface area contributed by atoms with Gasteiger partial charge in [-0.1, -0.05) is 31.7 Å². The van der Waals surface area contributed by atoms with Crippen LogP contribution in [0.4, 0.5) is 0 Å². The van der Waals surface area contributed by atoms with Gasteiger partial charge in [-0.15, -0.1) is 0 Å². The zero-order valence-electron chi connectivity index (χ0n) is 16.3. The van der Waals surface area contributed by atoms with E-state index in [1.54, 1.807) is 12.1 Å². The minimum Gasteiger partial charge on any atom is -0.207 e. The molecule has 0 fully saturated rings. The summed E-state index contributed by atoms with van der Waals surface area (Å²) in [7, 11) is -3.67. The lowest BCUT2D eigenvalue weighted by molar-refractivity contribution is 0.409. The molecule has 0 saturated heterocycles. The molecule has 0 bridgehead atoms. The Hall–Kier alpha value is -1.81. The summed E-state index contributed by atoms with van der Waals surface area (Å²) >= 11 is 1.43. The Kier molecular flexibility index (Phi) is 7.49. The van der Waals surface area contributed by atoms with Crippen molar-refractivity contribution in [2.24, 2.45) is 0 Å². The second kappa shape index (κ2) is 9.41. The van der Waals surface area contributed by atoms with E-state index in [1.807, 2.05) is 39.8 Å². The van der Waals surface area contributed by atoms with Crippen molar-refractivity contribution in [3.05, 3.63) is 53.1 Å². The molecule has 0 radical (unpaired) electrons. The number of aryl methyl sites for hydroxylation is 2. The van der Waals surface area contributed by atoms with Gasteiger partial charge in [-0.25, -0.2) is 8.42 Å². The second-order valence-electron chi connectivity index (χ2n) is 6.60. The SMILES string of the molecule is CCCN(CCC)S(=O)(=O)c1cc(C#N)ccc1Sc1cc(C)cc(C)c1. The van der Waals surface area contributed by atoms with Gasteiger partial charge in [0.1, 0.15) is 0 Å². The molecule has 0 aliphatic rings. The lowest BCUT2D eigenvalue weighted by Crippen LogP contribution is -2.33. The molecular weight excluding hydrogens is 376 g/mol. The van der Waals surface area contributed by atoms with Gasteiger partial charge >= 0.3 is 0 Å². The van der Waals surface area contributed by atoms with Gasteiger partial charge in [0.05, 0.1) is 16.5 Å². The van der Waals surface area contributed by atoms with E-state index in [-0.39, 0.29) is 4.90 Å². The van der Waals surface area contributed by atoms with Crippen molar-refractivity contribution in [2.75, 3.05) is 13.1 Å². The second-order valence-corrected chi connectivity index (χ2v) is 9.62. The van der Waals surface area contributed by atoms with Gasteiger partial charge in [-0.05, 0) is 68.1 Å². The molecule has 0 amide bonds. The summed E-state index contributed by atoms with van der Waals surface area (Å²) in [5.74, 6) is 0. The Balaban J connectivity index is 2.55. The predicted octanol–water partition coefficient (Wildman–Crippen LogP) is 5.14. The summed E-state index contributed by atoms with van der Waals surface area (Å²) in [6.45, 7) is 8.93. The zero-order chi connectivity index (χ0) is 20.0. The maximum atomic E-state index is 13.3. The number of benzene rings is 2. The summed E-state index contributed by atoms with van der Waals surface area (Å²) in [5, 5.41) is 9.26. The molecule has 2 rings (SSSR count). The molecule has 0 N–H and O–H groups in total. The van der Waals surface area contributed by atoms with Crippen molar-refractivity contribution >= 4 is 21.8 Å². The summed E-state index contributed by atoms with van der Waals surface area (Å²) in [6, 6.07) is 13.1. The standard InChI is InChI=1S/C21H26N2O2S2/c1-5-9-23(10-6-2)27(24,25)21-14-18(15-22)7-8-20(21)26-19-12-16(3)11-17(4)13-19/h7-8,11-14H,5-6,9-10H2,1-4H3. The molecule has 4 nitrogen and oxygen atoms in total. The first-order valence-corrected chi connectivity index (χ1v) is 11.4. The molecule has 0 atom stereocenters. The fourth-order valence-electron chi connectivity index (χ4n) is 2.97. The molecule has 144 valence electrons. The van der Waals surface area contributed by atoms with Crippen molar-refractivity contribution in [2.45, 2.75) is 55.2 Å². The molecule has 0 saturated carbocycles. The third-order valence-electron chi connectivity index (χ3n) is 4.06. The van der Waals surface area contributed by atoms with E-state index in [2.05, 4.69) is 12.1 Å². The first kappa shape index (κ1) is 21.5. The molecule has 0 aromatic heterocycles. The van der Waals surface area contributed by atoms with Crippen molar-refractivity contribution in [1.82, 2.24) is 4.31 Å². The number of nitrogens with zero attached hydrogens (tertiary/aromatic N) is 2. The van der Waals surface area contributed by atoms with Crippen LogP contribution in [0.1, 0.15) is 43.4 Å². The number of sulfonamides is 1. The highest BCUT2D eigenvalue weighted by Gasteiger charge is 2.27. The summed E-state index contributed by atoms with van der Waals surface area (Å²) in [6.07, 6.45) is 1.49. The molecule has 0 heterocycles. The Morgan fingerprint density at radius 2 is 1.59 bits per heavy atom. The van der Waals surface area contributed by atoms with Gasteiger partial charge in [-0.3, -0.25) is 0 Å². The quantitative estimate of drug-likeness (QED) is 0.613. The van der Waals surface area contributed by atoms with E-state index in [9.17, 15) is 13.7 Å². The lowest BCUT2D eigenvalue weighted by Gasteiger charge is -2.22. The Bertz CT molecular complexity index is 921. The molecule has 6 heteroatoms. The highest BCUT2D eigenvalue weighted by atomic mass is 32.2. The molecule has 0 aliphatic carbocycles. The van der Waals surface area contributed by atoms with Crippen LogP contribution in [0.3, 0.4) is 0 Å². The lowest BCUT2D eigenvalue weighted by atomic mass is 10.2. The van der Waals surface area contributed by atoms with Gasteiger partial charge < -0.3 is 0 Å². The summed E-state index contributed by atoms with van der Waals surface area (Å²) < 4.78 is 28.2. The maximum absolute atomic E-state index is 13.3. The van der Waals surface area contributed by atoms with E-state index in [0.717, 1.165) is 28.9 Å². The van der Waals surface area contributed by atoms with Gasteiger partial charge in [0, 0.05) is 22.9 Å². The van der Waals surface area contributed by atoms with Crippen molar-refractivity contribution in [3.63, 3.8) is 0 Å². The van der Waals surface area contributed by atoms with Crippen LogP contribution in [0, 0.1) is 25.2 Å². The number of nitriles is 1. The van der Waals surface area contributed by atoms with Crippen LogP contribution in [0.2, 0.25) is 0 Å². The van der Waals surface area contributed by atoms with E-state index in [0.29, 0.717) is 23.5 Å². The summed E-state index contributed by atoms with van der Waals surface area (Å²) in [4.78, 5) is 1.86. The minimum atomic E-state index is -3.67. The Morgan fingerprint density at radius 3 is 2.11 bits per heavy atom. The van der Waals surface area contributed by atoms with Crippen LogP contribution in [-0.2, 0) is 10.0 Å². The fraction of sp³-hybridized carbons (Fsp3) is 0.381. The van der Waals surface area contributed by atoms with Crippen LogP contribution in [0.15, 0.2) is 51.1 Å². The smallest absolute Gasteiger partial charge is 0.207 e. The monoisotopic (exact) mass is 402 g/mol. The van der Waals surface area contributed by atoms with Crippen LogP contribution in [-0.4, -0.2) is 25.8 Å². The van der Waals surface area contributed by atoms with Crippen molar-refractivity contribution in [3.8, 4) is 6.07 Å². The van der Waals surface area contributed by atoms with Crippen LogP contribution in [0.25, 0.3) is 0 Å². The molecule has 2 aromatic carbocycles. The van der Waals surface area contributed by atoms with Crippen LogP contribution < -0.4 is 0 Å². The van der Waals surface area contributed by atoms with Crippen molar-refractivity contribution < 1.29 is 8.42 Å². The first-order chi connectivity index (χ1) is 12.8. The molecular formula is C21H26N2O2S2. The number of hydrogen-bond donors (Lipinski definition) is 0. The first-order valence-electron chi connectivity index (χ1n) is 9.12. The van der Waals surface area contributed by atoms with E-state index in [4.69, 9.17) is 0 Å². The van der Waals surface area contributed by atoms with Crippen LogP contribution >= 0.6 is 11.8 Å². The van der Waals surface area contributed by atoms with Crippen LogP contribution in [0.5, 0.6) is 0 Å². The molecule has 0 spiro atoms. The van der Waals surface area contributed by atoms with Gasteiger partial charge in [0.15, 0.2) is 0 Å². The molecule has 0 unspecified atom stereocenters. The molecule has 27 heavy (non-hydrogen) atoms. The van der Waals surface area contributed by atoms with Gasteiger partial charge in [0.25, 0.3) is 0 Å². The highest BCUT2D eigenvalue weighted by Crippen LogP contribution is 2.35. The van der Waals surface area contributed by atoms with Gasteiger partial charge in [0.2, 0.25) is 10.0 Å². The van der Waals surface area contributed by atoms with E-state index >= 15 is 0 Å². The largest absolute Gasteiger partial charge is 0.244 e. The third kappa shape index (κ3) is 5.35. The highest BCUT2D eigenvalue weighted by molar-refractivity contribution is 8.00. The fourth-order valence-corrected chi connectivity index (χ4v) is 6.17. The maximum Gasteiger partial charge on any atom is 0.244 e. The minimum absolute atomic E-state index is 0.215. The molecule has 0 aliphatic heterocycles. The third-order valence-corrected chi connectivity index (χ3v) is 7.17. The number of hydrogen-bond acceptors (Lipinski definition) is 4. The average molecular weight is 403 g/mol. The Morgan fingerprint density at radius 1 is 1.00 bits per heavy atom. The zero-order valence-corrected chi connectivity index (χ0v) is 18.0. The topological polar surface area (TPSA) is 61.2 Å². The molecule has 2 aromatic rings. The average Bonchev–Trinajstić information content (AvgIpc) is 2.61. The van der Waals surface area contributed by atoms with E-state index < -0.39 is 10.0 Å². The van der Waals surface area contributed by atoms with E-state index in [1.165, 1.54) is 22.1 Å². The van der Waals surface area contributed by atoms with Crippen molar-refractivity contribution in [1.29, 1.82) is 5.26 Å². The van der Waals surface area contributed by atoms with Gasteiger partial charge in [-0.2, -0.15) is 9.57 Å².